The molecule has 0 aliphatic carbocycles. The van der Waals surface area contributed by atoms with Crippen molar-refractivity contribution in [2.75, 3.05) is 13.7 Å². The molecule has 1 unspecified atom stereocenters. The van der Waals surface area contributed by atoms with Gasteiger partial charge in [0.1, 0.15) is 18.9 Å². The molecule has 0 spiro atoms. The summed E-state index contributed by atoms with van der Waals surface area (Å²) >= 11 is 0. The summed E-state index contributed by atoms with van der Waals surface area (Å²) in [4.78, 5) is 4.54. The second-order valence-electron chi connectivity index (χ2n) is 1.24. The van der Waals surface area contributed by atoms with Crippen molar-refractivity contribution >= 4 is 6.21 Å². The number of hydrogen-bond acceptors (Lipinski definition) is 3. The first-order valence-electron chi connectivity index (χ1n) is 2.04. The van der Waals surface area contributed by atoms with Gasteiger partial charge in [-0.1, -0.05) is 5.16 Å². The number of nitrogens with zero attached hydrogens (tertiary/aromatic N) is 1. The molecule has 1 radical (unpaired) electrons. The summed E-state index contributed by atoms with van der Waals surface area (Å²) in [5.74, 6) is 0. The average molecular weight is 100 g/mol. The first-order chi connectivity index (χ1) is 3.43. The Morgan fingerprint density at radius 3 is 3.14 bits per heavy atom. The second kappa shape index (κ2) is 1.93. The van der Waals surface area contributed by atoms with Gasteiger partial charge in [-0.25, -0.2) is 0 Å². The molecule has 0 saturated heterocycles. The Morgan fingerprint density at radius 1 is 2.00 bits per heavy atom. The van der Waals surface area contributed by atoms with Crippen molar-refractivity contribution in [1.82, 2.24) is 0 Å². The highest BCUT2D eigenvalue weighted by atomic mass is 16.7. The minimum absolute atomic E-state index is 0.0417. The average Bonchev–Trinajstić information content (AvgIpc) is 2.14. The van der Waals surface area contributed by atoms with Crippen LogP contribution in [0.4, 0.5) is 0 Å². The van der Waals surface area contributed by atoms with Crippen molar-refractivity contribution in [2.24, 2.45) is 5.16 Å². The van der Waals surface area contributed by atoms with Gasteiger partial charge in [0.2, 0.25) is 0 Å². The van der Waals surface area contributed by atoms with Crippen LogP contribution in [-0.4, -0.2) is 26.0 Å². The van der Waals surface area contributed by atoms with E-state index in [9.17, 15) is 0 Å². The van der Waals surface area contributed by atoms with E-state index < -0.39 is 0 Å². The van der Waals surface area contributed by atoms with Crippen molar-refractivity contribution < 1.29 is 9.57 Å². The zero-order valence-corrected chi connectivity index (χ0v) is 4.05. The first kappa shape index (κ1) is 4.59. The van der Waals surface area contributed by atoms with E-state index in [4.69, 9.17) is 4.74 Å². The standard InChI is InChI=1S/C4H6NO2/c1-6-4-2-5-7-3-4/h4H,3H2,1H3. The maximum atomic E-state index is 4.78. The van der Waals surface area contributed by atoms with Gasteiger partial charge in [-0.15, -0.1) is 0 Å². The number of methoxy groups -OCH3 is 1. The normalized spacial score (nSPS) is 27.9. The lowest BCUT2D eigenvalue weighted by Gasteiger charge is -1.96. The summed E-state index contributed by atoms with van der Waals surface area (Å²) in [5, 5.41) is 3.36. The lowest BCUT2D eigenvalue weighted by molar-refractivity contribution is 0.0757. The van der Waals surface area contributed by atoms with Gasteiger partial charge in [-0.2, -0.15) is 0 Å². The molecule has 0 aromatic heterocycles. The Bertz CT molecular complexity index is 81.8. The molecule has 3 heteroatoms. The third-order valence-corrected chi connectivity index (χ3v) is 0.772. The molecule has 1 rings (SSSR count). The fraction of sp³-hybridized carbons (Fsp3) is 0.750. The van der Waals surface area contributed by atoms with E-state index in [1.807, 2.05) is 0 Å². The van der Waals surface area contributed by atoms with Crippen molar-refractivity contribution in [2.45, 2.75) is 6.10 Å². The first-order valence-corrected chi connectivity index (χ1v) is 2.04. The van der Waals surface area contributed by atoms with Crippen LogP contribution < -0.4 is 0 Å². The zero-order chi connectivity index (χ0) is 5.11. The lowest BCUT2D eigenvalue weighted by Crippen LogP contribution is -2.11. The second-order valence-corrected chi connectivity index (χ2v) is 1.24. The third kappa shape index (κ3) is 0.899. The van der Waals surface area contributed by atoms with Crippen LogP contribution in [0.5, 0.6) is 0 Å². The fourth-order valence-electron chi connectivity index (χ4n) is 0.359. The molecule has 0 bridgehead atoms. The van der Waals surface area contributed by atoms with Crippen LogP contribution in [0.3, 0.4) is 0 Å². The van der Waals surface area contributed by atoms with Crippen molar-refractivity contribution in [3.63, 3.8) is 0 Å². The molecule has 1 aliphatic rings. The fourth-order valence-corrected chi connectivity index (χ4v) is 0.359. The predicted molar refractivity (Wildman–Crippen MR) is 24.2 cm³/mol. The van der Waals surface area contributed by atoms with Crippen molar-refractivity contribution in [3.05, 3.63) is 0 Å². The predicted octanol–water partition coefficient (Wildman–Crippen LogP) is -0.106. The van der Waals surface area contributed by atoms with Crippen LogP contribution >= 0.6 is 0 Å². The van der Waals surface area contributed by atoms with E-state index in [1.165, 1.54) is 0 Å². The molecule has 0 fully saturated rings. The quantitative estimate of drug-likeness (QED) is 0.460. The number of hydrogen-bond donors (Lipinski definition) is 0. The van der Waals surface area contributed by atoms with E-state index in [0.717, 1.165) is 0 Å². The van der Waals surface area contributed by atoms with Crippen LogP contribution in [0, 0.1) is 0 Å². The summed E-state index contributed by atoms with van der Waals surface area (Å²) in [6.45, 7) is 0.510. The van der Waals surface area contributed by atoms with Gasteiger partial charge in [0.15, 0.2) is 0 Å². The third-order valence-electron chi connectivity index (χ3n) is 0.772. The van der Waals surface area contributed by atoms with Gasteiger partial charge >= 0.3 is 0 Å². The van der Waals surface area contributed by atoms with E-state index in [2.05, 4.69) is 16.2 Å². The van der Waals surface area contributed by atoms with Crippen LogP contribution in [-0.2, 0) is 9.57 Å². The van der Waals surface area contributed by atoms with Gasteiger partial charge in [-0.3, -0.25) is 0 Å². The summed E-state index contributed by atoms with van der Waals surface area (Å²) in [5.41, 5.74) is 0. The highest BCUT2D eigenvalue weighted by Gasteiger charge is 2.09. The van der Waals surface area contributed by atoms with Gasteiger partial charge < -0.3 is 9.57 Å². The molecule has 7 heavy (non-hydrogen) atoms. The van der Waals surface area contributed by atoms with E-state index in [0.29, 0.717) is 6.61 Å². The summed E-state index contributed by atoms with van der Waals surface area (Å²) in [6.07, 6.45) is 2.55. The maximum absolute atomic E-state index is 4.78. The van der Waals surface area contributed by atoms with Crippen LogP contribution in [0.25, 0.3) is 0 Å². The highest BCUT2D eigenvalue weighted by Crippen LogP contribution is 1.94. The molecule has 1 heterocycles. The van der Waals surface area contributed by atoms with Gasteiger partial charge in [0.25, 0.3) is 0 Å². The Balaban J connectivity index is 2.28. The minimum Gasteiger partial charge on any atom is -0.392 e. The number of rotatable bonds is 1. The Morgan fingerprint density at radius 2 is 2.86 bits per heavy atom. The minimum atomic E-state index is -0.0417. The molecular weight excluding hydrogens is 94.0 g/mol. The zero-order valence-electron chi connectivity index (χ0n) is 4.05. The van der Waals surface area contributed by atoms with Gasteiger partial charge in [0, 0.05) is 7.11 Å². The molecule has 0 N–H and O–H groups in total. The molecule has 3 nitrogen and oxygen atoms in total. The van der Waals surface area contributed by atoms with E-state index >= 15 is 0 Å². The van der Waals surface area contributed by atoms with Crippen molar-refractivity contribution in [1.29, 1.82) is 0 Å². The molecule has 0 amide bonds. The Labute approximate surface area is 41.9 Å². The van der Waals surface area contributed by atoms with Crippen LogP contribution in [0.2, 0.25) is 0 Å². The molecule has 0 aromatic rings. The molecular formula is C4H6NO2. The Kier molecular flexibility index (Phi) is 1.26. The van der Waals surface area contributed by atoms with Gasteiger partial charge in [-0.05, 0) is 0 Å². The number of ether oxygens (including phenoxy) is 1. The van der Waals surface area contributed by atoms with E-state index in [-0.39, 0.29) is 6.10 Å². The van der Waals surface area contributed by atoms with Crippen LogP contribution in [0.15, 0.2) is 5.16 Å². The van der Waals surface area contributed by atoms with Gasteiger partial charge in [0.05, 0.1) is 0 Å². The molecule has 1 aliphatic heterocycles. The topological polar surface area (TPSA) is 30.8 Å². The highest BCUT2D eigenvalue weighted by molar-refractivity contribution is 5.63. The van der Waals surface area contributed by atoms with Crippen molar-refractivity contribution in [3.8, 4) is 0 Å². The summed E-state index contributed by atoms with van der Waals surface area (Å²) in [7, 11) is 1.60. The van der Waals surface area contributed by atoms with Crippen LogP contribution in [0.1, 0.15) is 0 Å². The SMILES string of the molecule is COC1[C]=NOC1. The monoisotopic (exact) mass is 100 g/mol. The maximum Gasteiger partial charge on any atom is 0.149 e. The molecule has 0 saturated carbocycles. The lowest BCUT2D eigenvalue weighted by atomic mass is 10.4. The summed E-state index contributed by atoms with van der Waals surface area (Å²) < 4.78 is 4.78. The molecule has 39 valence electrons. The molecule has 1 atom stereocenters. The summed E-state index contributed by atoms with van der Waals surface area (Å²) in [6, 6.07) is 0. The Hall–Kier alpha value is -0.570. The molecule has 0 aromatic carbocycles. The smallest absolute Gasteiger partial charge is 0.149 e. The van der Waals surface area contributed by atoms with E-state index in [1.54, 1.807) is 7.11 Å². The largest absolute Gasteiger partial charge is 0.392 e.